The van der Waals surface area contributed by atoms with Gasteiger partial charge in [0.05, 0.1) is 4.90 Å². The van der Waals surface area contributed by atoms with Crippen molar-refractivity contribution in [1.29, 1.82) is 0 Å². The standard InChI is InChI=1S/C13H13ClN2O2S/c1-9-2-7-12(8-13(9)15)19(17,18)16-11-5-3-10(14)4-6-11/h2-8,16H,15H2,1H3. The number of nitrogens with two attached hydrogens (primary N) is 1. The zero-order chi connectivity index (χ0) is 14.0. The van der Waals surface area contributed by atoms with Crippen molar-refractivity contribution in [3.8, 4) is 0 Å². The Labute approximate surface area is 117 Å². The van der Waals surface area contributed by atoms with E-state index in [9.17, 15) is 8.42 Å². The Morgan fingerprint density at radius 1 is 1.11 bits per heavy atom. The topological polar surface area (TPSA) is 72.2 Å². The second-order valence-electron chi connectivity index (χ2n) is 4.13. The number of benzene rings is 2. The molecule has 0 heterocycles. The summed E-state index contributed by atoms with van der Waals surface area (Å²) in [5.41, 5.74) is 7.45. The van der Waals surface area contributed by atoms with Gasteiger partial charge in [-0.15, -0.1) is 0 Å². The molecular weight excluding hydrogens is 284 g/mol. The summed E-state index contributed by atoms with van der Waals surface area (Å²) in [7, 11) is -3.64. The van der Waals surface area contributed by atoms with Gasteiger partial charge >= 0.3 is 0 Å². The third-order valence-corrected chi connectivity index (χ3v) is 4.29. The number of hydrogen-bond acceptors (Lipinski definition) is 3. The molecule has 0 aliphatic carbocycles. The lowest BCUT2D eigenvalue weighted by Gasteiger charge is -2.09. The molecule has 0 bridgehead atoms. The number of anilines is 2. The molecule has 2 rings (SSSR count). The average molecular weight is 297 g/mol. The smallest absolute Gasteiger partial charge is 0.261 e. The molecule has 0 saturated carbocycles. The van der Waals surface area contributed by atoms with Crippen LogP contribution in [-0.4, -0.2) is 8.42 Å². The van der Waals surface area contributed by atoms with E-state index in [1.807, 2.05) is 6.92 Å². The fourth-order valence-electron chi connectivity index (χ4n) is 1.52. The molecule has 2 aromatic carbocycles. The van der Waals surface area contributed by atoms with Crippen molar-refractivity contribution < 1.29 is 8.42 Å². The maximum absolute atomic E-state index is 12.2. The molecule has 0 aromatic heterocycles. The molecule has 0 radical (unpaired) electrons. The van der Waals surface area contributed by atoms with Gasteiger partial charge in [0.1, 0.15) is 0 Å². The largest absolute Gasteiger partial charge is 0.398 e. The quantitative estimate of drug-likeness (QED) is 0.855. The van der Waals surface area contributed by atoms with Crippen molar-refractivity contribution >= 4 is 33.0 Å². The van der Waals surface area contributed by atoms with Gasteiger partial charge in [0, 0.05) is 16.4 Å². The van der Waals surface area contributed by atoms with E-state index in [0.717, 1.165) is 5.56 Å². The second kappa shape index (κ2) is 5.11. The molecule has 6 heteroatoms. The van der Waals surface area contributed by atoms with Gasteiger partial charge in [0.2, 0.25) is 0 Å². The minimum atomic E-state index is -3.64. The summed E-state index contributed by atoms with van der Waals surface area (Å²) in [6.45, 7) is 1.82. The van der Waals surface area contributed by atoms with Crippen molar-refractivity contribution in [2.75, 3.05) is 10.5 Å². The van der Waals surface area contributed by atoms with Crippen molar-refractivity contribution in [2.45, 2.75) is 11.8 Å². The first-order valence-corrected chi connectivity index (χ1v) is 7.39. The minimum absolute atomic E-state index is 0.130. The first-order valence-electron chi connectivity index (χ1n) is 5.53. The van der Waals surface area contributed by atoms with Crippen LogP contribution in [0, 0.1) is 6.92 Å². The molecule has 2 aromatic rings. The molecule has 0 amide bonds. The number of halogens is 1. The second-order valence-corrected chi connectivity index (χ2v) is 6.25. The third kappa shape index (κ3) is 3.19. The molecule has 0 aliphatic heterocycles. The fraction of sp³-hybridized carbons (Fsp3) is 0.0769. The van der Waals surface area contributed by atoms with Gasteiger partial charge < -0.3 is 5.73 Å². The number of sulfonamides is 1. The molecule has 19 heavy (non-hydrogen) atoms. The van der Waals surface area contributed by atoms with Crippen LogP contribution < -0.4 is 10.5 Å². The molecule has 4 nitrogen and oxygen atoms in total. The van der Waals surface area contributed by atoms with E-state index >= 15 is 0 Å². The Morgan fingerprint density at radius 3 is 2.32 bits per heavy atom. The molecule has 0 unspecified atom stereocenters. The molecule has 100 valence electrons. The van der Waals surface area contributed by atoms with Gasteiger partial charge in [-0.25, -0.2) is 8.42 Å². The normalized spacial score (nSPS) is 11.3. The lowest BCUT2D eigenvalue weighted by Crippen LogP contribution is -2.13. The number of rotatable bonds is 3. The van der Waals surface area contributed by atoms with Crippen LogP contribution in [0.3, 0.4) is 0 Å². The van der Waals surface area contributed by atoms with Crippen LogP contribution in [0.1, 0.15) is 5.56 Å². The van der Waals surface area contributed by atoms with Crippen LogP contribution in [0.2, 0.25) is 5.02 Å². The highest BCUT2D eigenvalue weighted by Gasteiger charge is 2.14. The first-order chi connectivity index (χ1) is 8.88. The highest BCUT2D eigenvalue weighted by molar-refractivity contribution is 7.92. The lowest BCUT2D eigenvalue weighted by molar-refractivity contribution is 0.601. The molecule has 3 N–H and O–H groups in total. The van der Waals surface area contributed by atoms with E-state index in [1.54, 1.807) is 30.3 Å². The average Bonchev–Trinajstić information content (AvgIpc) is 2.35. The Bertz CT molecular complexity index is 697. The molecule has 0 saturated heterocycles. The summed E-state index contributed by atoms with van der Waals surface area (Å²) in [6, 6.07) is 11.0. The number of nitrogens with one attached hydrogen (secondary N) is 1. The Hall–Kier alpha value is -1.72. The highest BCUT2D eigenvalue weighted by atomic mass is 35.5. The van der Waals surface area contributed by atoms with Gasteiger partial charge in [-0.05, 0) is 48.9 Å². The fourth-order valence-corrected chi connectivity index (χ4v) is 2.74. The number of hydrogen-bond donors (Lipinski definition) is 2. The van der Waals surface area contributed by atoms with Gasteiger partial charge in [-0.2, -0.15) is 0 Å². The Morgan fingerprint density at radius 2 is 1.74 bits per heavy atom. The van der Waals surface area contributed by atoms with Crippen LogP contribution in [0.4, 0.5) is 11.4 Å². The van der Waals surface area contributed by atoms with Crippen molar-refractivity contribution in [3.05, 3.63) is 53.1 Å². The summed E-state index contributed by atoms with van der Waals surface area (Å²) in [5.74, 6) is 0. The van der Waals surface area contributed by atoms with Crippen molar-refractivity contribution in [3.63, 3.8) is 0 Å². The molecule has 0 atom stereocenters. The van der Waals surface area contributed by atoms with E-state index in [-0.39, 0.29) is 4.90 Å². The van der Waals surface area contributed by atoms with Gasteiger partial charge in [-0.3, -0.25) is 4.72 Å². The molecule has 0 aliphatic rings. The summed E-state index contributed by atoms with van der Waals surface area (Å²) in [4.78, 5) is 0.130. The van der Waals surface area contributed by atoms with E-state index in [1.165, 1.54) is 12.1 Å². The summed E-state index contributed by atoms with van der Waals surface area (Å²) in [6.07, 6.45) is 0. The van der Waals surface area contributed by atoms with Crippen molar-refractivity contribution in [2.24, 2.45) is 0 Å². The molecule has 0 spiro atoms. The van der Waals surface area contributed by atoms with Crippen molar-refractivity contribution in [1.82, 2.24) is 0 Å². The monoisotopic (exact) mass is 296 g/mol. The van der Waals surface area contributed by atoms with Gasteiger partial charge in [-0.1, -0.05) is 17.7 Å². The van der Waals surface area contributed by atoms with Gasteiger partial charge in [0.25, 0.3) is 10.0 Å². The molecule has 0 fully saturated rings. The summed E-state index contributed by atoms with van der Waals surface area (Å²) in [5, 5.41) is 0.544. The van der Waals surface area contributed by atoms with Crippen LogP contribution in [0.15, 0.2) is 47.4 Å². The predicted molar refractivity (Wildman–Crippen MR) is 77.9 cm³/mol. The number of nitrogen functional groups attached to an aromatic ring is 1. The van der Waals surface area contributed by atoms with E-state index < -0.39 is 10.0 Å². The third-order valence-electron chi connectivity index (χ3n) is 2.66. The highest BCUT2D eigenvalue weighted by Crippen LogP contribution is 2.21. The lowest BCUT2D eigenvalue weighted by atomic mass is 10.2. The van der Waals surface area contributed by atoms with Gasteiger partial charge in [0.15, 0.2) is 0 Å². The zero-order valence-corrected chi connectivity index (χ0v) is 11.8. The van der Waals surface area contributed by atoms with Crippen LogP contribution in [0.25, 0.3) is 0 Å². The number of aryl methyl sites for hydroxylation is 1. The van der Waals surface area contributed by atoms with Crippen LogP contribution in [0.5, 0.6) is 0 Å². The summed E-state index contributed by atoms with van der Waals surface area (Å²) >= 11 is 5.74. The van der Waals surface area contributed by atoms with Crippen LogP contribution in [-0.2, 0) is 10.0 Å². The van der Waals surface area contributed by atoms with E-state index in [0.29, 0.717) is 16.4 Å². The summed E-state index contributed by atoms with van der Waals surface area (Å²) < 4.78 is 26.8. The minimum Gasteiger partial charge on any atom is -0.398 e. The molecular formula is C13H13ClN2O2S. The predicted octanol–water partition coefficient (Wildman–Crippen LogP) is 3.03. The Balaban J connectivity index is 2.32. The SMILES string of the molecule is Cc1ccc(S(=O)(=O)Nc2ccc(Cl)cc2)cc1N. The first kappa shape index (κ1) is 13.7. The Kier molecular flexibility index (Phi) is 3.68. The maximum atomic E-state index is 12.2. The van der Waals surface area contributed by atoms with E-state index in [4.69, 9.17) is 17.3 Å². The van der Waals surface area contributed by atoms with E-state index in [2.05, 4.69) is 4.72 Å². The zero-order valence-electron chi connectivity index (χ0n) is 10.2. The van der Waals surface area contributed by atoms with Crippen LogP contribution >= 0.6 is 11.6 Å². The maximum Gasteiger partial charge on any atom is 0.261 e.